The number of fused-ring (bicyclic) bond motifs is 5. The molecule has 29 heavy (non-hydrogen) atoms. The lowest BCUT2D eigenvalue weighted by Crippen LogP contribution is -2.60. The number of carbonyl (C=O) groups is 2. The summed E-state index contributed by atoms with van der Waals surface area (Å²) in [6.45, 7) is 5.63. The van der Waals surface area contributed by atoms with E-state index in [4.69, 9.17) is 0 Å². The molecule has 0 amide bonds. The Balaban J connectivity index is 1.38. The number of carbonyl (C=O) groups excluding carboxylic acids is 2. The summed E-state index contributed by atoms with van der Waals surface area (Å²) in [7, 11) is 0. The van der Waals surface area contributed by atoms with Crippen molar-refractivity contribution in [3.63, 3.8) is 0 Å². The number of allylic oxidation sites excluding steroid dienone is 2. The molecule has 160 valence electrons. The zero-order chi connectivity index (χ0) is 20.2. The first-order chi connectivity index (χ1) is 13.9. The lowest BCUT2D eigenvalue weighted by Gasteiger charge is -2.57. The van der Waals surface area contributed by atoms with Gasteiger partial charge >= 0.3 is 0 Å². The molecule has 5 aliphatic rings. The van der Waals surface area contributed by atoms with Crippen LogP contribution in [-0.4, -0.2) is 18.1 Å². The van der Waals surface area contributed by atoms with Crippen LogP contribution in [0.3, 0.4) is 0 Å². The summed E-state index contributed by atoms with van der Waals surface area (Å²) < 4.78 is 0. The maximum absolute atomic E-state index is 13.9. The van der Waals surface area contributed by atoms with Crippen LogP contribution in [-0.2, 0) is 9.59 Å². The highest BCUT2D eigenvalue weighted by atomic mass is 16.2. The predicted octanol–water partition coefficient (Wildman–Crippen LogP) is 5.44. The summed E-state index contributed by atoms with van der Waals surface area (Å²) in [5, 5.41) is 3.60. The zero-order valence-corrected chi connectivity index (χ0v) is 18.5. The van der Waals surface area contributed by atoms with Crippen LogP contribution in [0, 0.1) is 40.4 Å². The standard InChI is InChI=1S/C26H39NO2/c1-25-13-6-9-20(25)19-16-27-23-15-22(28)18(11-10-17-7-4-3-5-8-17)24(29)26(23,2)21(19)12-14-25/h15,17-21,27H,3-14,16H2,1-2H3/t18?,19-,20-,21-,25-,26+/m0/s1. The van der Waals surface area contributed by atoms with Crippen molar-refractivity contribution in [3.8, 4) is 0 Å². The van der Waals surface area contributed by atoms with E-state index in [1.165, 1.54) is 57.8 Å². The third-order valence-corrected chi connectivity index (χ3v) is 10.1. The van der Waals surface area contributed by atoms with E-state index in [0.29, 0.717) is 17.3 Å². The number of rotatable bonds is 3. The number of nitrogens with one attached hydrogen (secondary N) is 1. The predicted molar refractivity (Wildman–Crippen MR) is 115 cm³/mol. The Hall–Kier alpha value is -1.12. The minimum Gasteiger partial charge on any atom is -0.387 e. The van der Waals surface area contributed by atoms with Crippen LogP contribution in [0.25, 0.3) is 0 Å². The highest BCUT2D eigenvalue weighted by Gasteiger charge is 2.60. The van der Waals surface area contributed by atoms with Crippen molar-refractivity contribution in [2.45, 2.75) is 90.9 Å². The molecule has 0 spiro atoms. The molecular formula is C26H39NO2. The van der Waals surface area contributed by atoms with Gasteiger partial charge in [-0.3, -0.25) is 9.59 Å². The van der Waals surface area contributed by atoms with Crippen molar-refractivity contribution < 1.29 is 9.59 Å². The molecule has 3 nitrogen and oxygen atoms in total. The fraction of sp³-hybridized carbons (Fsp3) is 0.846. The number of Topliss-reactive ketones (excluding diaryl/α,β-unsaturated/α-hetero) is 1. The van der Waals surface area contributed by atoms with E-state index in [2.05, 4.69) is 19.2 Å². The summed E-state index contributed by atoms with van der Waals surface area (Å²) in [6, 6.07) is 0. The maximum Gasteiger partial charge on any atom is 0.167 e. The second-order valence-electron chi connectivity index (χ2n) is 11.5. The largest absolute Gasteiger partial charge is 0.387 e. The van der Waals surface area contributed by atoms with Gasteiger partial charge in [0.2, 0.25) is 0 Å². The van der Waals surface area contributed by atoms with Crippen molar-refractivity contribution in [2.24, 2.45) is 40.4 Å². The number of piperidine rings is 1. The molecule has 4 fully saturated rings. The highest BCUT2D eigenvalue weighted by Crippen LogP contribution is 2.62. The smallest absolute Gasteiger partial charge is 0.167 e. The highest BCUT2D eigenvalue weighted by molar-refractivity contribution is 6.13. The molecule has 4 aliphatic carbocycles. The van der Waals surface area contributed by atoms with Crippen molar-refractivity contribution >= 4 is 11.6 Å². The lowest BCUT2D eigenvalue weighted by atomic mass is 9.49. The minimum absolute atomic E-state index is 0.0748. The fourth-order valence-corrected chi connectivity index (χ4v) is 8.30. The Morgan fingerprint density at radius 3 is 2.52 bits per heavy atom. The Morgan fingerprint density at radius 1 is 0.931 bits per heavy atom. The Bertz CT molecular complexity index is 720. The van der Waals surface area contributed by atoms with Crippen molar-refractivity contribution in [1.29, 1.82) is 0 Å². The molecule has 1 saturated heterocycles. The molecule has 1 N–H and O–H groups in total. The van der Waals surface area contributed by atoms with E-state index in [1.807, 2.05) is 6.08 Å². The van der Waals surface area contributed by atoms with Gasteiger partial charge in [-0.2, -0.15) is 0 Å². The van der Waals surface area contributed by atoms with E-state index in [9.17, 15) is 9.59 Å². The van der Waals surface area contributed by atoms with E-state index in [1.54, 1.807) is 0 Å². The minimum atomic E-state index is -0.460. The molecule has 5 rings (SSSR count). The number of hydrogen-bond donors (Lipinski definition) is 1. The topological polar surface area (TPSA) is 46.2 Å². The van der Waals surface area contributed by atoms with Gasteiger partial charge in [-0.05, 0) is 74.5 Å². The van der Waals surface area contributed by atoms with Crippen LogP contribution in [0.4, 0.5) is 0 Å². The van der Waals surface area contributed by atoms with Crippen LogP contribution >= 0.6 is 0 Å². The Kier molecular flexibility index (Phi) is 4.95. The summed E-state index contributed by atoms with van der Waals surface area (Å²) in [5.41, 5.74) is 0.969. The van der Waals surface area contributed by atoms with Crippen LogP contribution < -0.4 is 5.32 Å². The molecule has 0 aromatic rings. The van der Waals surface area contributed by atoms with Gasteiger partial charge in [-0.1, -0.05) is 45.4 Å². The first-order valence-electron chi connectivity index (χ1n) is 12.5. The quantitative estimate of drug-likeness (QED) is 0.645. The first-order valence-corrected chi connectivity index (χ1v) is 12.5. The van der Waals surface area contributed by atoms with Gasteiger partial charge in [0.1, 0.15) is 0 Å². The van der Waals surface area contributed by atoms with E-state index >= 15 is 0 Å². The molecule has 1 unspecified atom stereocenters. The maximum atomic E-state index is 13.9. The molecule has 1 heterocycles. The third kappa shape index (κ3) is 3.05. The average molecular weight is 398 g/mol. The van der Waals surface area contributed by atoms with E-state index in [0.717, 1.165) is 43.3 Å². The lowest BCUT2D eigenvalue weighted by molar-refractivity contribution is -0.145. The molecule has 1 aliphatic heterocycles. The van der Waals surface area contributed by atoms with Gasteiger partial charge in [-0.15, -0.1) is 0 Å². The summed E-state index contributed by atoms with van der Waals surface area (Å²) in [5.74, 6) is 2.43. The molecule has 0 radical (unpaired) electrons. The van der Waals surface area contributed by atoms with Crippen LogP contribution in [0.2, 0.25) is 0 Å². The van der Waals surface area contributed by atoms with Crippen molar-refractivity contribution in [2.75, 3.05) is 6.54 Å². The Labute approximate surface area is 176 Å². The molecular weight excluding hydrogens is 358 g/mol. The van der Waals surface area contributed by atoms with Gasteiger partial charge in [0.15, 0.2) is 11.6 Å². The van der Waals surface area contributed by atoms with Gasteiger partial charge < -0.3 is 5.32 Å². The summed E-state index contributed by atoms with van der Waals surface area (Å²) in [4.78, 5) is 26.8. The number of ketones is 2. The molecule has 6 atom stereocenters. The SMILES string of the molecule is C[C@@]12CCC[C@H]1[C@@H]1CNC3=CC(=O)C(CCC4CCCCC4)C(=O)[C@]3(C)[C@H]1CC2. The summed E-state index contributed by atoms with van der Waals surface area (Å²) >= 11 is 0. The molecule has 0 aromatic heterocycles. The van der Waals surface area contributed by atoms with Crippen LogP contribution in [0.5, 0.6) is 0 Å². The van der Waals surface area contributed by atoms with E-state index < -0.39 is 5.41 Å². The molecule has 0 bridgehead atoms. The van der Waals surface area contributed by atoms with Gasteiger partial charge in [0, 0.05) is 18.3 Å². The Morgan fingerprint density at radius 2 is 1.72 bits per heavy atom. The second kappa shape index (κ2) is 7.24. The normalized spacial score (nSPS) is 45.1. The molecule has 0 aromatic carbocycles. The van der Waals surface area contributed by atoms with Gasteiger partial charge in [0.05, 0.1) is 11.3 Å². The monoisotopic (exact) mass is 397 g/mol. The third-order valence-electron chi connectivity index (χ3n) is 10.1. The summed E-state index contributed by atoms with van der Waals surface area (Å²) in [6.07, 6.45) is 16.7. The molecule has 3 heteroatoms. The van der Waals surface area contributed by atoms with E-state index in [-0.39, 0.29) is 17.5 Å². The van der Waals surface area contributed by atoms with Crippen LogP contribution in [0.1, 0.15) is 90.9 Å². The van der Waals surface area contributed by atoms with Gasteiger partial charge in [0.25, 0.3) is 0 Å². The van der Waals surface area contributed by atoms with Crippen molar-refractivity contribution in [1.82, 2.24) is 5.32 Å². The fourth-order valence-electron chi connectivity index (χ4n) is 8.30. The van der Waals surface area contributed by atoms with Gasteiger partial charge in [-0.25, -0.2) is 0 Å². The average Bonchev–Trinajstić information content (AvgIpc) is 3.12. The second-order valence-corrected chi connectivity index (χ2v) is 11.5. The number of hydrogen-bond acceptors (Lipinski definition) is 3. The van der Waals surface area contributed by atoms with Crippen molar-refractivity contribution in [3.05, 3.63) is 11.8 Å². The molecule has 3 saturated carbocycles. The zero-order valence-electron chi connectivity index (χ0n) is 18.5. The van der Waals surface area contributed by atoms with Crippen LogP contribution in [0.15, 0.2) is 11.8 Å². The first kappa shape index (κ1) is 19.8.